The quantitative estimate of drug-likeness (QED) is 0.852. The van der Waals surface area contributed by atoms with Crippen LogP contribution in [0.15, 0.2) is 22.9 Å². The van der Waals surface area contributed by atoms with Crippen molar-refractivity contribution in [2.75, 3.05) is 6.61 Å². The number of carbonyl (C=O) groups is 1. The average Bonchev–Trinajstić information content (AvgIpc) is 2.57. The fraction of sp³-hybridized carbons (Fsp3) is 0.200. The maximum Gasteiger partial charge on any atom is 0.355 e. The molecule has 0 saturated heterocycles. The molecule has 0 aliphatic carbocycles. The molecule has 0 bridgehead atoms. The molecule has 0 saturated carbocycles. The van der Waals surface area contributed by atoms with Gasteiger partial charge in [-0.2, -0.15) is 0 Å². The Balaban J connectivity index is 2.53. The first-order chi connectivity index (χ1) is 7.24. The largest absolute Gasteiger partial charge is 0.461 e. The predicted octanol–water partition coefficient (Wildman–Crippen LogP) is 2.50. The second-order valence-corrected chi connectivity index (χ2v) is 3.75. The Hall–Kier alpha value is -1.36. The van der Waals surface area contributed by atoms with Gasteiger partial charge in [0.1, 0.15) is 5.69 Å². The molecule has 2 rings (SSSR count). The molecule has 0 amide bonds. The summed E-state index contributed by atoms with van der Waals surface area (Å²) in [6, 6.07) is 1.81. The average molecular weight is 269 g/mol. The van der Waals surface area contributed by atoms with Crippen molar-refractivity contribution in [2.45, 2.75) is 6.92 Å². The fourth-order valence-corrected chi connectivity index (χ4v) is 1.92. The molecule has 2 heterocycles. The van der Waals surface area contributed by atoms with E-state index in [1.165, 1.54) is 0 Å². The second kappa shape index (κ2) is 4.02. The summed E-state index contributed by atoms with van der Waals surface area (Å²) < 4.78 is 5.62. The molecule has 78 valence electrons. The Labute approximate surface area is 94.8 Å². The number of H-pyrrole nitrogens is 1. The van der Waals surface area contributed by atoms with E-state index in [0.717, 1.165) is 10.9 Å². The molecule has 15 heavy (non-hydrogen) atoms. The van der Waals surface area contributed by atoms with Crippen molar-refractivity contribution in [2.24, 2.45) is 0 Å². The third kappa shape index (κ3) is 1.74. The molecule has 0 atom stereocenters. The fourth-order valence-electron chi connectivity index (χ4n) is 1.35. The number of nitrogens with one attached hydrogen (secondary N) is 1. The van der Waals surface area contributed by atoms with Crippen LogP contribution in [-0.2, 0) is 4.74 Å². The van der Waals surface area contributed by atoms with Gasteiger partial charge in [-0.3, -0.25) is 4.98 Å². The number of rotatable bonds is 2. The van der Waals surface area contributed by atoms with E-state index in [2.05, 4.69) is 25.9 Å². The van der Waals surface area contributed by atoms with Gasteiger partial charge in [-0.25, -0.2) is 4.79 Å². The zero-order chi connectivity index (χ0) is 10.8. The molecule has 5 heteroatoms. The SMILES string of the molecule is CCOC(=O)c1[nH]c2ccncc2c1Br. The number of halogens is 1. The lowest BCUT2D eigenvalue weighted by molar-refractivity contribution is 0.0519. The van der Waals surface area contributed by atoms with Gasteiger partial charge in [-0.15, -0.1) is 0 Å². The zero-order valence-corrected chi connectivity index (χ0v) is 9.67. The van der Waals surface area contributed by atoms with E-state index in [0.29, 0.717) is 16.8 Å². The van der Waals surface area contributed by atoms with Crippen molar-refractivity contribution in [1.82, 2.24) is 9.97 Å². The van der Waals surface area contributed by atoms with Crippen molar-refractivity contribution in [3.8, 4) is 0 Å². The summed E-state index contributed by atoms with van der Waals surface area (Å²) in [4.78, 5) is 18.5. The standard InChI is InChI=1S/C10H9BrN2O2/c1-2-15-10(14)9-8(11)6-5-12-4-3-7(6)13-9/h3-5,13H,2H2,1H3. The monoisotopic (exact) mass is 268 g/mol. The number of aromatic amines is 1. The van der Waals surface area contributed by atoms with E-state index in [9.17, 15) is 4.79 Å². The van der Waals surface area contributed by atoms with Crippen LogP contribution < -0.4 is 0 Å². The van der Waals surface area contributed by atoms with Crippen LogP contribution in [-0.4, -0.2) is 22.5 Å². The zero-order valence-electron chi connectivity index (χ0n) is 8.08. The number of carbonyl (C=O) groups excluding carboxylic acids is 1. The van der Waals surface area contributed by atoms with Crippen LogP contribution in [0.3, 0.4) is 0 Å². The summed E-state index contributed by atoms with van der Waals surface area (Å²) in [6.45, 7) is 2.13. The minimum Gasteiger partial charge on any atom is -0.461 e. The molecule has 0 aromatic carbocycles. The highest BCUT2D eigenvalue weighted by atomic mass is 79.9. The van der Waals surface area contributed by atoms with Crippen LogP contribution in [0.1, 0.15) is 17.4 Å². The number of pyridine rings is 1. The van der Waals surface area contributed by atoms with Gasteiger partial charge in [0, 0.05) is 17.8 Å². The Morgan fingerprint density at radius 3 is 3.13 bits per heavy atom. The lowest BCUT2D eigenvalue weighted by Gasteiger charge is -1.98. The number of hydrogen-bond acceptors (Lipinski definition) is 3. The maximum atomic E-state index is 11.5. The molecule has 2 aromatic rings. The van der Waals surface area contributed by atoms with Crippen LogP contribution in [0.2, 0.25) is 0 Å². The summed E-state index contributed by atoms with van der Waals surface area (Å²) in [7, 11) is 0. The minimum atomic E-state index is -0.361. The van der Waals surface area contributed by atoms with Crippen molar-refractivity contribution >= 4 is 32.8 Å². The number of nitrogens with zero attached hydrogens (tertiary/aromatic N) is 1. The van der Waals surface area contributed by atoms with Crippen LogP contribution in [0.25, 0.3) is 10.9 Å². The lowest BCUT2D eigenvalue weighted by atomic mass is 10.3. The van der Waals surface area contributed by atoms with E-state index < -0.39 is 0 Å². The maximum absolute atomic E-state index is 11.5. The van der Waals surface area contributed by atoms with Gasteiger partial charge in [0.2, 0.25) is 0 Å². The smallest absolute Gasteiger partial charge is 0.355 e. The summed E-state index contributed by atoms with van der Waals surface area (Å²) in [5.74, 6) is -0.361. The molecule has 4 nitrogen and oxygen atoms in total. The van der Waals surface area contributed by atoms with Crippen LogP contribution in [0.4, 0.5) is 0 Å². The van der Waals surface area contributed by atoms with Crippen molar-refractivity contribution in [1.29, 1.82) is 0 Å². The summed E-state index contributed by atoms with van der Waals surface area (Å²) in [6.07, 6.45) is 3.36. The van der Waals surface area contributed by atoms with E-state index in [1.54, 1.807) is 19.3 Å². The van der Waals surface area contributed by atoms with Gasteiger partial charge in [-0.1, -0.05) is 0 Å². The summed E-state index contributed by atoms with van der Waals surface area (Å²) in [5.41, 5.74) is 1.29. The van der Waals surface area contributed by atoms with Crippen LogP contribution >= 0.6 is 15.9 Å². The normalized spacial score (nSPS) is 10.5. The lowest BCUT2D eigenvalue weighted by Crippen LogP contribution is -2.05. The summed E-state index contributed by atoms with van der Waals surface area (Å²) >= 11 is 3.35. The number of ether oxygens (including phenoxy) is 1. The van der Waals surface area contributed by atoms with Crippen molar-refractivity contribution in [3.05, 3.63) is 28.6 Å². The topological polar surface area (TPSA) is 55.0 Å². The Kier molecular flexibility index (Phi) is 2.73. The summed E-state index contributed by atoms with van der Waals surface area (Å²) in [5, 5.41) is 0.876. The van der Waals surface area contributed by atoms with Gasteiger partial charge < -0.3 is 9.72 Å². The van der Waals surface area contributed by atoms with Crippen LogP contribution in [0, 0.1) is 0 Å². The number of fused-ring (bicyclic) bond motifs is 1. The molecule has 0 spiro atoms. The Morgan fingerprint density at radius 2 is 2.47 bits per heavy atom. The molecule has 2 aromatic heterocycles. The van der Waals surface area contributed by atoms with E-state index in [4.69, 9.17) is 4.74 Å². The van der Waals surface area contributed by atoms with E-state index >= 15 is 0 Å². The first kappa shape index (κ1) is 10.2. The number of hydrogen-bond donors (Lipinski definition) is 1. The van der Waals surface area contributed by atoms with Gasteiger partial charge in [0.05, 0.1) is 16.6 Å². The first-order valence-electron chi connectivity index (χ1n) is 4.52. The van der Waals surface area contributed by atoms with Gasteiger partial charge in [0.15, 0.2) is 0 Å². The Morgan fingerprint density at radius 1 is 1.67 bits per heavy atom. The van der Waals surface area contributed by atoms with Gasteiger partial charge >= 0.3 is 5.97 Å². The van der Waals surface area contributed by atoms with E-state index in [-0.39, 0.29) is 5.97 Å². The molecule has 1 N–H and O–H groups in total. The minimum absolute atomic E-state index is 0.360. The van der Waals surface area contributed by atoms with Gasteiger partial charge in [0.25, 0.3) is 0 Å². The second-order valence-electron chi connectivity index (χ2n) is 2.96. The third-order valence-electron chi connectivity index (χ3n) is 2.02. The van der Waals surface area contributed by atoms with E-state index in [1.807, 2.05) is 6.07 Å². The molecule has 0 unspecified atom stereocenters. The third-order valence-corrected chi connectivity index (χ3v) is 2.84. The highest BCUT2D eigenvalue weighted by Crippen LogP contribution is 2.27. The molecule has 0 aliphatic rings. The first-order valence-corrected chi connectivity index (χ1v) is 5.31. The molecule has 0 radical (unpaired) electrons. The highest BCUT2D eigenvalue weighted by molar-refractivity contribution is 9.10. The molecule has 0 fully saturated rings. The molecular weight excluding hydrogens is 260 g/mol. The number of aromatic nitrogens is 2. The van der Waals surface area contributed by atoms with Crippen molar-refractivity contribution in [3.63, 3.8) is 0 Å². The molecular formula is C10H9BrN2O2. The van der Waals surface area contributed by atoms with Crippen molar-refractivity contribution < 1.29 is 9.53 Å². The highest BCUT2D eigenvalue weighted by Gasteiger charge is 2.16. The predicted molar refractivity (Wildman–Crippen MR) is 59.8 cm³/mol. The van der Waals surface area contributed by atoms with Crippen LogP contribution in [0.5, 0.6) is 0 Å². The Bertz CT molecular complexity index is 507. The van der Waals surface area contributed by atoms with Gasteiger partial charge in [-0.05, 0) is 28.9 Å². The number of esters is 1. The molecule has 0 aliphatic heterocycles.